The van der Waals surface area contributed by atoms with E-state index in [4.69, 9.17) is 5.73 Å². The summed E-state index contributed by atoms with van der Waals surface area (Å²) in [7, 11) is 2.23. The first kappa shape index (κ1) is 13.3. The minimum Gasteiger partial charge on any atom is -0.326 e. The van der Waals surface area contributed by atoms with Gasteiger partial charge in [-0.15, -0.1) is 0 Å². The van der Waals surface area contributed by atoms with Crippen LogP contribution in [0.15, 0.2) is 0 Å². The lowest BCUT2D eigenvalue weighted by Crippen LogP contribution is -2.59. The number of rotatable bonds is 2. The molecule has 0 radical (unpaired) electrons. The first-order chi connectivity index (χ1) is 8.11. The van der Waals surface area contributed by atoms with E-state index in [2.05, 4.69) is 30.7 Å². The minimum absolute atomic E-state index is 0.411. The largest absolute Gasteiger partial charge is 0.326 e. The molecule has 2 rings (SSSR count). The topological polar surface area (TPSA) is 32.5 Å². The van der Waals surface area contributed by atoms with Gasteiger partial charge >= 0.3 is 0 Å². The van der Waals surface area contributed by atoms with Gasteiger partial charge < -0.3 is 10.6 Å². The van der Waals surface area contributed by atoms with Crippen molar-refractivity contribution < 1.29 is 0 Å². The van der Waals surface area contributed by atoms with Gasteiger partial charge in [0.2, 0.25) is 0 Å². The fourth-order valence-corrected chi connectivity index (χ4v) is 3.42. The van der Waals surface area contributed by atoms with E-state index in [1.807, 2.05) is 0 Å². The first-order valence-corrected chi connectivity index (χ1v) is 7.31. The molecule has 1 aliphatic heterocycles. The molecule has 1 heterocycles. The van der Waals surface area contributed by atoms with Gasteiger partial charge in [0.1, 0.15) is 0 Å². The Morgan fingerprint density at radius 3 is 2.65 bits per heavy atom. The molecule has 0 aromatic carbocycles. The molecule has 2 aliphatic rings. The monoisotopic (exact) mass is 239 g/mol. The summed E-state index contributed by atoms with van der Waals surface area (Å²) >= 11 is 0. The van der Waals surface area contributed by atoms with Crippen LogP contribution in [0.25, 0.3) is 0 Å². The average Bonchev–Trinajstić information content (AvgIpc) is 2.33. The summed E-state index contributed by atoms with van der Waals surface area (Å²) in [4.78, 5) is 5.12. The van der Waals surface area contributed by atoms with Crippen molar-refractivity contribution in [3.8, 4) is 0 Å². The molecule has 0 bridgehead atoms. The predicted octanol–water partition coefficient (Wildman–Crippen LogP) is 1.53. The summed E-state index contributed by atoms with van der Waals surface area (Å²) < 4.78 is 0. The second kappa shape index (κ2) is 5.68. The third-order valence-corrected chi connectivity index (χ3v) is 5.01. The Hall–Kier alpha value is -0.120. The second-order valence-electron chi connectivity index (χ2n) is 6.14. The summed E-state index contributed by atoms with van der Waals surface area (Å²) in [6.07, 6.45) is 5.22. The Balaban J connectivity index is 1.95. The molecule has 1 saturated heterocycles. The van der Waals surface area contributed by atoms with E-state index >= 15 is 0 Å². The lowest BCUT2D eigenvalue weighted by Gasteiger charge is -2.46. The number of hydrogen-bond acceptors (Lipinski definition) is 3. The van der Waals surface area contributed by atoms with Crippen molar-refractivity contribution in [1.29, 1.82) is 0 Å². The van der Waals surface area contributed by atoms with Crippen molar-refractivity contribution in [1.82, 2.24) is 9.80 Å². The lowest BCUT2D eigenvalue weighted by molar-refractivity contribution is 0.0381. The number of nitrogens with two attached hydrogens (primary N) is 1. The third kappa shape index (κ3) is 3.01. The van der Waals surface area contributed by atoms with E-state index in [1.54, 1.807) is 0 Å². The molecular formula is C14H29N3. The molecule has 0 aromatic heterocycles. The van der Waals surface area contributed by atoms with Crippen molar-refractivity contribution in [2.24, 2.45) is 11.7 Å². The quantitative estimate of drug-likeness (QED) is 0.793. The van der Waals surface area contributed by atoms with E-state index < -0.39 is 0 Å². The highest BCUT2D eigenvalue weighted by Gasteiger charge is 2.34. The van der Waals surface area contributed by atoms with Gasteiger partial charge in [0.15, 0.2) is 0 Å². The number of hydrogen-bond donors (Lipinski definition) is 1. The van der Waals surface area contributed by atoms with Gasteiger partial charge in [0.05, 0.1) is 0 Å². The van der Waals surface area contributed by atoms with Crippen LogP contribution in [0.2, 0.25) is 0 Å². The molecule has 2 fully saturated rings. The van der Waals surface area contributed by atoms with Gasteiger partial charge in [-0.25, -0.2) is 0 Å². The normalized spacial score (nSPS) is 41.6. The van der Waals surface area contributed by atoms with Crippen LogP contribution in [0.1, 0.15) is 39.5 Å². The minimum atomic E-state index is 0.411. The van der Waals surface area contributed by atoms with Crippen LogP contribution in [0.4, 0.5) is 0 Å². The fourth-order valence-electron chi connectivity index (χ4n) is 3.42. The van der Waals surface area contributed by atoms with Crippen LogP contribution in [-0.2, 0) is 0 Å². The average molecular weight is 239 g/mol. The molecule has 4 unspecified atom stereocenters. The van der Waals surface area contributed by atoms with Gasteiger partial charge in [-0.3, -0.25) is 4.90 Å². The van der Waals surface area contributed by atoms with E-state index in [0.29, 0.717) is 18.1 Å². The summed E-state index contributed by atoms with van der Waals surface area (Å²) in [6, 6.07) is 1.73. The molecule has 17 heavy (non-hydrogen) atoms. The van der Waals surface area contributed by atoms with Gasteiger partial charge in [-0.2, -0.15) is 0 Å². The Kier molecular flexibility index (Phi) is 4.45. The Labute approximate surface area is 106 Å². The molecule has 100 valence electrons. The van der Waals surface area contributed by atoms with Crippen LogP contribution in [-0.4, -0.2) is 54.6 Å². The van der Waals surface area contributed by atoms with Crippen LogP contribution < -0.4 is 5.73 Å². The fraction of sp³-hybridized carbons (Fsp3) is 1.00. The number of likely N-dealkylation sites (N-methyl/N-ethyl adjacent to an activating group) is 1. The van der Waals surface area contributed by atoms with E-state index in [-0.39, 0.29) is 0 Å². The van der Waals surface area contributed by atoms with Crippen LogP contribution in [0, 0.1) is 5.92 Å². The molecule has 3 heteroatoms. The van der Waals surface area contributed by atoms with Gasteiger partial charge in [0.25, 0.3) is 0 Å². The van der Waals surface area contributed by atoms with Crippen molar-refractivity contribution in [3.05, 3.63) is 0 Å². The highest BCUT2D eigenvalue weighted by molar-refractivity contribution is 4.92. The van der Waals surface area contributed by atoms with Crippen molar-refractivity contribution >= 4 is 0 Å². The highest BCUT2D eigenvalue weighted by Crippen LogP contribution is 2.30. The van der Waals surface area contributed by atoms with Crippen LogP contribution >= 0.6 is 0 Å². The maximum absolute atomic E-state index is 6.35. The maximum atomic E-state index is 6.35. The van der Waals surface area contributed by atoms with E-state index in [0.717, 1.165) is 5.92 Å². The van der Waals surface area contributed by atoms with Crippen LogP contribution in [0.5, 0.6) is 0 Å². The van der Waals surface area contributed by atoms with Crippen molar-refractivity contribution in [2.75, 3.05) is 26.7 Å². The second-order valence-corrected chi connectivity index (χ2v) is 6.14. The zero-order valence-electron chi connectivity index (χ0n) is 11.7. The van der Waals surface area contributed by atoms with E-state index in [1.165, 1.54) is 45.3 Å². The molecule has 3 nitrogen and oxygen atoms in total. The standard InChI is InChI=1S/C14H29N3/c1-4-12-5-6-13(15)14(9-12)17-8-7-16(3)11(2)10-17/h11-14H,4-10,15H2,1-3H3. The highest BCUT2D eigenvalue weighted by atomic mass is 15.3. The molecule has 0 spiro atoms. The predicted molar refractivity (Wildman–Crippen MR) is 73.1 cm³/mol. The van der Waals surface area contributed by atoms with Crippen LogP contribution in [0.3, 0.4) is 0 Å². The molecule has 1 saturated carbocycles. The Morgan fingerprint density at radius 1 is 1.24 bits per heavy atom. The van der Waals surface area contributed by atoms with Crippen molar-refractivity contribution in [3.63, 3.8) is 0 Å². The Morgan fingerprint density at radius 2 is 2.00 bits per heavy atom. The molecule has 4 atom stereocenters. The molecule has 0 aromatic rings. The van der Waals surface area contributed by atoms with Gasteiger partial charge in [-0.05, 0) is 39.2 Å². The number of piperazine rings is 1. The first-order valence-electron chi connectivity index (χ1n) is 7.31. The summed E-state index contributed by atoms with van der Waals surface area (Å²) in [6.45, 7) is 8.26. The Bertz CT molecular complexity index is 244. The van der Waals surface area contributed by atoms with Gasteiger partial charge in [0, 0.05) is 37.8 Å². The van der Waals surface area contributed by atoms with Crippen molar-refractivity contribution in [2.45, 2.75) is 57.7 Å². The molecule has 2 N–H and O–H groups in total. The molecule has 0 amide bonds. The zero-order valence-corrected chi connectivity index (χ0v) is 11.7. The maximum Gasteiger partial charge on any atom is 0.0251 e. The molecular weight excluding hydrogens is 210 g/mol. The SMILES string of the molecule is CCC1CCC(N)C(N2CCN(C)C(C)C2)C1. The summed E-state index contributed by atoms with van der Waals surface area (Å²) in [5, 5.41) is 0. The smallest absolute Gasteiger partial charge is 0.0251 e. The van der Waals surface area contributed by atoms with Gasteiger partial charge in [-0.1, -0.05) is 13.3 Å². The molecule has 1 aliphatic carbocycles. The summed E-state index contributed by atoms with van der Waals surface area (Å²) in [5.41, 5.74) is 6.35. The van der Waals surface area contributed by atoms with E-state index in [9.17, 15) is 0 Å². The third-order valence-electron chi connectivity index (χ3n) is 5.01. The lowest BCUT2D eigenvalue weighted by atomic mass is 9.80. The number of nitrogens with zero attached hydrogens (tertiary/aromatic N) is 2. The summed E-state index contributed by atoms with van der Waals surface area (Å²) in [5.74, 6) is 0.912. The zero-order chi connectivity index (χ0) is 12.4.